The van der Waals surface area contributed by atoms with Gasteiger partial charge in [-0.05, 0) is 54.4 Å². The minimum atomic E-state index is -0.553. The third-order valence-corrected chi connectivity index (χ3v) is 5.13. The second kappa shape index (κ2) is 8.55. The van der Waals surface area contributed by atoms with Crippen molar-refractivity contribution in [2.75, 3.05) is 24.4 Å². The molecule has 1 heterocycles. The first-order chi connectivity index (χ1) is 15.4. The molecule has 4 rings (SSSR count). The van der Waals surface area contributed by atoms with E-state index in [1.165, 1.54) is 38.5 Å². The largest absolute Gasteiger partial charge is 0.497 e. The maximum Gasteiger partial charge on any atom is 0.282 e. The van der Waals surface area contributed by atoms with Gasteiger partial charge in [0.05, 0.1) is 25.5 Å². The Bertz CT molecular complexity index is 1230. The van der Waals surface area contributed by atoms with Gasteiger partial charge in [-0.3, -0.25) is 9.59 Å². The van der Waals surface area contributed by atoms with Crippen molar-refractivity contribution in [3.8, 4) is 11.5 Å². The van der Waals surface area contributed by atoms with Gasteiger partial charge in [-0.1, -0.05) is 24.3 Å². The zero-order chi connectivity index (χ0) is 22.8. The summed E-state index contributed by atoms with van der Waals surface area (Å²) in [5.41, 5.74) is 2.55. The number of ether oxygens (including phenoxy) is 2. The number of benzene rings is 3. The molecule has 7 heteroatoms. The second-order valence-electron chi connectivity index (χ2n) is 7.23. The topological polar surface area (TPSA) is 67.9 Å². The van der Waals surface area contributed by atoms with Gasteiger partial charge in [0.2, 0.25) is 0 Å². The van der Waals surface area contributed by atoms with Crippen LogP contribution in [-0.4, -0.2) is 26.0 Å². The fourth-order valence-corrected chi connectivity index (χ4v) is 3.59. The average molecular weight is 432 g/mol. The number of carbonyl (C=O) groups excluding carboxylic acids is 2. The summed E-state index contributed by atoms with van der Waals surface area (Å²) >= 11 is 0. The summed E-state index contributed by atoms with van der Waals surface area (Å²) < 4.78 is 24.2. The molecule has 1 N–H and O–H groups in total. The summed E-state index contributed by atoms with van der Waals surface area (Å²) in [6, 6.07) is 17.7. The first-order valence-corrected chi connectivity index (χ1v) is 9.87. The summed E-state index contributed by atoms with van der Waals surface area (Å²) in [5.74, 6) is -0.746. The van der Waals surface area contributed by atoms with Crippen molar-refractivity contribution in [1.82, 2.24) is 0 Å². The number of imide groups is 1. The number of rotatable bonds is 6. The quantitative estimate of drug-likeness (QED) is 0.579. The van der Waals surface area contributed by atoms with E-state index in [0.717, 1.165) is 10.5 Å². The van der Waals surface area contributed by atoms with Crippen LogP contribution in [0.25, 0.3) is 5.57 Å². The molecule has 6 nitrogen and oxygen atoms in total. The molecule has 3 aromatic carbocycles. The molecule has 2 amide bonds. The highest BCUT2D eigenvalue weighted by Gasteiger charge is 2.41. The molecule has 0 unspecified atom stereocenters. The number of anilines is 2. The van der Waals surface area contributed by atoms with Gasteiger partial charge in [0.15, 0.2) is 0 Å². The van der Waals surface area contributed by atoms with Crippen molar-refractivity contribution >= 4 is 28.8 Å². The van der Waals surface area contributed by atoms with Gasteiger partial charge >= 0.3 is 0 Å². The van der Waals surface area contributed by atoms with Crippen LogP contribution in [0.3, 0.4) is 0 Å². The molecule has 1 aliphatic heterocycles. The number of carbonyl (C=O) groups is 2. The van der Waals surface area contributed by atoms with Gasteiger partial charge in [-0.2, -0.15) is 0 Å². The van der Waals surface area contributed by atoms with Crippen LogP contribution in [0.15, 0.2) is 72.4 Å². The molecule has 1 aliphatic rings. The van der Waals surface area contributed by atoms with E-state index in [2.05, 4.69) is 5.32 Å². The third-order valence-electron chi connectivity index (χ3n) is 5.13. The Morgan fingerprint density at radius 2 is 1.62 bits per heavy atom. The van der Waals surface area contributed by atoms with E-state index < -0.39 is 17.6 Å². The number of nitrogens with one attached hydrogen (secondary N) is 1. The van der Waals surface area contributed by atoms with Crippen molar-refractivity contribution in [2.45, 2.75) is 6.92 Å². The summed E-state index contributed by atoms with van der Waals surface area (Å²) in [7, 11) is 2.95. The van der Waals surface area contributed by atoms with E-state index in [9.17, 15) is 14.0 Å². The lowest BCUT2D eigenvalue weighted by atomic mass is 10.0. The lowest BCUT2D eigenvalue weighted by molar-refractivity contribution is -0.120. The first kappa shape index (κ1) is 21.1. The predicted octanol–water partition coefficient (Wildman–Crippen LogP) is 4.55. The van der Waals surface area contributed by atoms with Crippen molar-refractivity contribution in [1.29, 1.82) is 0 Å². The Morgan fingerprint density at radius 1 is 0.875 bits per heavy atom. The van der Waals surface area contributed by atoms with Gasteiger partial charge in [-0.25, -0.2) is 9.29 Å². The maximum absolute atomic E-state index is 13.6. The lowest BCUT2D eigenvalue weighted by Gasteiger charge is -2.19. The summed E-state index contributed by atoms with van der Waals surface area (Å²) in [6.45, 7) is 1.93. The molecule has 32 heavy (non-hydrogen) atoms. The number of amides is 2. The van der Waals surface area contributed by atoms with Crippen molar-refractivity contribution < 1.29 is 23.5 Å². The van der Waals surface area contributed by atoms with Crippen LogP contribution in [0.4, 0.5) is 15.8 Å². The number of halogens is 1. The Balaban J connectivity index is 1.86. The highest BCUT2D eigenvalue weighted by atomic mass is 19.1. The van der Waals surface area contributed by atoms with Crippen LogP contribution >= 0.6 is 0 Å². The average Bonchev–Trinajstić information content (AvgIpc) is 3.03. The van der Waals surface area contributed by atoms with Gasteiger partial charge in [0.25, 0.3) is 11.8 Å². The molecule has 0 spiro atoms. The summed E-state index contributed by atoms with van der Waals surface area (Å²) in [6.07, 6.45) is 0. The number of nitrogens with zero attached hydrogens (tertiary/aromatic N) is 1. The minimum absolute atomic E-state index is 0.0945. The molecule has 0 saturated heterocycles. The zero-order valence-electron chi connectivity index (χ0n) is 17.8. The predicted molar refractivity (Wildman–Crippen MR) is 120 cm³/mol. The SMILES string of the molecule is COc1ccc(OC)c(N2C(=O)C(Nc3cccc(C)c3)=C(c3ccc(F)cc3)C2=O)c1. The van der Waals surface area contributed by atoms with Crippen LogP contribution in [-0.2, 0) is 9.59 Å². The van der Waals surface area contributed by atoms with E-state index >= 15 is 0 Å². The molecular formula is C25H21FN2O4. The number of aryl methyl sites for hydroxylation is 1. The maximum atomic E-state index is 13.6. The second-order valence-corrected chi connectivity index (χ2v) is 7.23. The molecule has 0 bridgehead atoms. The molecule has 0 saturated carbocycles. The first-order valence-electron chi connectivity index (χ1n) is 9.87. The van der Waals surface area contributed by atoms with Crippen molar-refractivity contribution in [3.63, 3.8) is 0 Å². The standard InChI is InChI=1S/C25H21FN2O4/c1-15-5-4-6-18(13-15)27-23-22(16-7-9-17(26)10-8-16)24(29)28(25(23)30)20-14-19(31-2)11-12-21(20)32-3/h4-14,27H,1-3H3. The zero-order valence-corrected chi connectivity index (χ0v) is 17.8. The highest BCUT2D eigenvalue weighted by molar-refractivity contribution is 6.46. The number of hydrogen-bond donors (Lipinski definition) is 1. The summed E-state index contributed by atoms with van der Waals surface area (Å²) in [4.78, 5) is 28.1. The van der Waals surface area contributed by atoms with Crippen LogP contribution in [0.1, 0.15) is 11.1 Å². The minimum Gasteiger partial charge on any atom is -0.497 e. The van der Waals surface area contributed by atoms with Gasteiger partial charge in [0, 0.05) is 11.8 Å². The Hall–Kier alpha value is -4.13. The molecule has 0 atom stereocenters. The van der Waals surface area contributed by atoms with Gasteiger partial charge in [-0.15, -0.1) is 0 Å². The van der Waals surface area contributed by atoms with E-state index in [0.29, 0.717) is 22.7 Å². The number of methoxy groups -OCH3 is 2. The van der Waals surface area contributed by atoms with Gasteiger partial charge < -0.3 is 14.8 Å². The van der Waals surface area contributed by atoms with Gasteiger partial charge in [0.1, 0.15) is 23.0 Å². The van der Waals surface area contributed by atoms with E-state index in [4.69, 9.17) is 9.47 Å². The monoisotopic (exact) mass is 432 g/mol. The van der Waals surface area contributed by atoms with Crippen LogP contribution in [0, 0.1) is 12.7 Å². The van der Waals surface area contributed by atoms with E-state index in [1.54, 1.807) is 24.3 Å². The molecule has 0 aliphatic carbocycles. The summed E-state index contributed by atoms with van der Waals surface area (Å²) in [5, 5.41) is 3.09. The fraction of sp³-hybridized carbons (Fsp3) is 0.120. The third kappa shape index (κ3) is 3.80. The molecule has 0 aromatic heterocycles. The van der Waals surface area contributed by atoms with E-state index in [-0.39, 0.29) is 17.0 Å². The van der Waals surface area contributed by atoms with Crippen LogP contribution < -0.4 is 19.7 Å². The van der Waals surface area contributed by atoms with E-state index in [1.807, 2.05) is 25.1 Å². The normalized spacial score (nSPS) is 13.6. The molecule has 162 valence electrons. The van der Waals surface area contributed by atoms with Crippen molar-refractivity contribution in [3.05, 3.63) is 89.4 Å². The molecule has 0 fully saturated rings. The Labute approximate surface area is 184 Å². The Morgan fingerprint density at radius 3 is 2.28 bits per heavy atom. The Kier molecular flexibility index (Phi) is 5.64. The van der Waals surface area contributed by atoms with Crippen LogP contribution in [0.2, 0.25) is 0 Å². The fourth-order valence-electron chi connectivity index (χ4n) is 3.59. The molecule has 3 aromatic rings. The van der Waals surface area contributed by atoms with Crippen molar-refractivity contribution in [2.24, 2.45) is 0 Å². The number of hydrogen-bond acceptors (Lipinski definition) is 5. The molecule has 0 radical (unpaired) electrons. The lowest BCUT2D eigenvalue weighted by Crippen LogP contribution is -2.32. The highest BCUT2D eigenvalue weighted by Crippen LogP contribution is 2.39. The van der Waals surface area contributed by atoms with Crippen LogP contribution in [0.5, 0.6) is 11.5 Å². The smallest absolute Gasteiger partial charge is 0.282 e. The molecular weight excluding hydrogens is 411 g/mol.